The molecule has 2 bridgehead atoms. The minimum absolute atomic E-state index is 0.0535. The van der Waals surface area contributed by atoms with Crippen LogP contribution in [0.15, 0.2) is 0 Å². The third-order valence-electron chi connectivity index (χ3n) is 6.79. The van der Waals surface area contributed by atoms with E-state index in [0.29, 0.717) is 17.9 Å². The third kappa shape index (κ3) is 1.47. The number of fused-ring (bicyclic) bond motifs is 3. The van der Waals surface area contributed by atoms with Crippen LogP contribution in [0.4, 0.5) is 0 Å². The van der Waals surface area contributed by atoms with Gasteiger partial charge in [0.1, 0.15) is 6.04 Å². The number of piperidine rings is 1. The molecule has 0 aromatic rings. The first kappa shape index (κ1) is 12.6. The van der Waals surface area contributed by atoms with E-state index in [0.717, 1.165) is 31.6 Å². The number of nitrogens with zero attached hydrogens (tertiary/aromatic N) is 2. The summed E-state index contributed by atoms with van der Waals surface area (Å²) in [6.07, 6.45) is 6.69. The molecule has 3 aliphatic carbocycles. The molecule has 1 aliphatic heterocycles. The van der Waals surface area contributed by atoms with E-state index in [9.17, 15) is 10.1 Å². The predicted molar refractivity (Wildman–Crippen MR) is 74.3 cm³/mol. The second kappa shape index (κ2) is 3.98. The van der Waals surface area contributed by atoms with Gasteiger partial charge in [-0.3, -0.25) is 4.79 Å². The topological polar surface area (TPSA) is 70.1 Å². The second-order valence-corrected chi connectivity index (χ2v) is 7.63. The highest BCUT2D eigenvalue weighted by Crippen LogP contribution is 2.57. The molecule has 0 aromatic heterocycles. The van der Waals surface area contributed by atoms with E-state index in [1.165, 1.54) is 12.8 Å². The molecule has 1 amide bonds. The van der Waals surface area contributed by atoms with Crippen molar-refractivity contribution in [3.63, 3.8) is 0 Å². The van der Waals surface area contributed by atoms with Crippen LogP contribution in [0.2, 0.25) is 0 Å². The van der Waals surface area contributed by atoms with Gasteiger partial charge in [0.25, 0.3) is 0 Å². The molecule has 4 nitrogen and oxygen atoms in total. The molecule has 4 fully saturated rings. The fourth-order valence-corrected chi connectivity index (χ4v) is 5.43. The van der Waals surface area contributed by atoms with Crippen molar-refractivity contribution in [3.05, 3.63) is 0 Å². The van der Waals surface area contributed by atoms with Gasteiger partial charge in [-0.05, 0) is 61.7 Å². The molecule has 0 unspecified atom stereocenters. The van der Waals surface area contributed by atoms with Gasteiger partial charge in [0.15, 0.2) is 0 Å². The zero-order chi connectivity index (χ0) is 14.1. The lowest BCUT2D eigenvalue weighted by molar-refractivity contribution is -0.137. The zero-order valence-electron chi connectivity index (χ0n) is 12.1. The van der Waals surface area contributed by atoms with E-state index in [1.54, 1.807) is 0 Å². The Hall–Kier alpha value is -1.08. The van der Waals surface area contributed by atoms with Crippen molar-refractivity contribution in [1.29, 1.82) is 5.26 Å². The van der Waals surface area contributed by atoms with Crippen molar-refractivity contribution in [1.82, 2.24) is 4.90 Å². The maximum absolute atomic E-state index is 12.9. The molecule has 4 aliphatic rings. The normalized spacial score (nSPS) is 49.9. The highest BCUT2D eigenvalue weighted by molar-refractivity contribution is 5.84. The Labute approximate surface area is 120 Å². The third-order valence-corrected chi connectivity index (χ3v) is 6.79. The lowest BCUT2D eigenvalue weighted by atomic mass is 9.77. The summed E-state index contributed by atoms with van der Waals surface area (Å²) in [5.41, 5.74) is 6.47. The van der Waals surface area contributed by atoms with Gasteiger partial charge in [-0.2, -0.15) is 5.26 Å². The Kier molecular flexibility index (Phi) is 2.51. The SMILES string of the molecule is C[C@H]1[C@H]2C[C@@H](C#N)N(C(=O)[C@@H](N)C34CCC(CC3)C4)[C@@H]12. The minimum Gasteiger partial charge on any atom is -0.322 e. The zero-order valence-corrected chi connectivity index (χ0v) is 12.1. The van der Waals surface area contributed by atoms with Crippen molar-refractivity contribution >= 4 is 5.91 Å². The maximum Gasteiger partial charge on any atom is 0.241 e. The largest absolute Gasteiger partial charge is 0.322 e. The Balaban J connectivity index is 1.56. The summed E-state index contributed by atoms with van der Waals surface area (Å²) in [5.74, 6) is 1.98. The summed E-state index contributed by atoms with van der Waals surface area (Å²) in [4.78, 5) is 14.8. The van der Waals surface area contributed by atoms with E-state index < -0.39 is 0 Å². The van der Waals surface area contributed by atoms with Crippen molar-refractivity contribution in [2.45, 2.75) is 63.6 Å². The molecule has 3 saturated carbocycles. The first-order valence-electron chi connectivity index (χ1n) is 8.05. The molecular weight excluding hydrogens is 250 g/mol. The highest BCUT2D eigenvalue weighted by atomic mass is 16.2. The number of amides is 1. The van der Waals surface area contributed by atoms with Crippen LogP contribution in [0.25, 0.3) is 0 Å². The van der Waals surface area contributed by atoms with E-state index in [2.05, 4.69) is 13.0 Å². The van der Waals surface area contributed by atoms with Crippen molar-refractivity contribution < 1.29 is 4.79 Å². The lowest BCUT2D eigenvalue weighted by Crippen LogP contribution is -2.54. The number of rotatable bonds is 2. The number of hydrogen-bond acceptors (Lipinski definition) is 3. The van der Waals surface area contributed by atoms with E-state index >= 15 is 0 Å². The van der Waals surface area contributed by atoms with Gasteiger partial charge in [-0.1, -0.05) is 6.92 Å². The molecule has 4 rings (SSSR count). The number of carbonyl (C=O) groups is 1. The van der Waals surface area contributed by atoms with Crippen molar-refractivity contribution in [2.75, 3.05) is 0 Å². The second-order valence-electron chi connectivity index (χ2n) is 7.63. The van der Waals surface area contributed by atoms with Crippen LogP contribution in [-0.4, -0.2) is 28.9 Å². The molecule has 1 saturated heterocycles. The van der Waals surface area contributed by atoms with Crippen LogP contribution in [0.3, 0.4) is 0 Å². The van der Waals surface area contributed by atoms with Gasteiger partial charge in [0, 0.05) is 6.04 Å². The number of hydrogen-bond donors (Lipinski definition) is 1. The van der Waals surface area contributed by atoms with Gasteiger partial charge in [-0.15, -0.1) is 0 Å². The lowest BCUT2D eigenvalue weighted by Gasteiger charge is -2.36. The summed E-state index contributed by atoms with van der Waals surface area (Å²) >= 11 is 0. The van der Waals surface area contributed by atoms with Gasteiger partial charge < -0.3 is 10.6 Å². The quantitative estimate of drug-likeness (QED) is 0.831. The molecule has 20 heavy (non-hydrogen) atoms. The predicted octanol–water partition coefficient (Wildman–Crippen LogP) is 1.65. The molecule has 0 spiro atoms. The van der Waals surface area contributed by atoms with Crippen LogP contribution in [0.1, 0.15) is 45.4 Å². The maximum atomic E-state index is 12.9. The summed E-state index contributed by atoms with van der Waals surface area (Å²) < 4.78 is 0. The molecule has 0 radical (unpaired) electrons. The molecule has 0 aromatic carbocycles. The highest BCUT2D eigenvalue weighted by Gasteiger charge is 2.62. The summed E-state index contributed by atoms with van der Waals surface area (Å²) in [6, 6.07) is 2.01. The average Bonchev–Trinajstić information content (AvgIpc) is 2.95. The fourth-order valence-electron chi connectivity index (χ4n) is 5.43. The number of likely N-dealkylation sites (tertiary alicyclic amines) is 1. The Morgan fingerprint density at radius 1 is 1.45 bits per heavy atom. The number of nitriles is 1. The summed E-state index contributed by atoms with van der Waals surface area (Å²) in [5, 5.41) is 9.30. The monoisotopic (exact) mass is 273 g/mol. The van der Waals surface area contributed by atoms with Gasteiger partial charge in [-0.25, -0.2) is 0 Å². The van der Waals surface area contributed by atoms with E-state index in [-0.39, 0.29) is 23.4 Å². The van der Waals surface area contributed by atoms with Crippen LogP contribution in [0.5, 0.6) is 0 Å². The smallest absolute Gasteiger partial charge is 0.241 e. The summed E-state index contributed by atoms with van der Waals surface area (Å²) in [6.45, 7) is 2.19. The molecule has 1 heterocycles. The standard InChI is InChI=1S/C16H23N3O/c1-9-12-6-11(8-17)19(13(9)12)15(20)14(18)16-4-2-10(7-16)3-5-16/h9-14H,2-7,18H2,1H3/t9-,10?,11-,12+,13-,14+,16?/m0/s1. The minimum atomic E-state index is -0.377. The van der Waals surface area contributed by atoms with Crippen LogP contribution < -0.4 is 5.73 Å². The molecule has 4 heteroatoms. The van der Waals surface area contributed by atoms with E-state index in [4.69, 9.17) is 5.73 Å². The van der Waals surface area contributed by atoms with Gasteiger partial charge >= 0.3 is 0 Å². The first-order valence-corrected chi connectivity index (χ1v) is 8.05. The van der Waals surface area contributed by atoms with Crippen LogP contribution in [-0.2, 0) is 4.79 Å². The molecule has 2 N–H and O–H groups in total. The fraction of sp³-hybridized carbons (Fsp3) is 0.875. The van der Waals surface area contributed by atoms with Crippen LogP contribution >= 0.6 is 0 Å². The Morgan fingerprint density at radius 2 is 2.15 bits per heavy atom. The van der Waals surface area contributed by atoms with Crippen LogP contribution in [0, 0.1) is 34.5 Å². The van der Waals surface area contributed by atoms with Crippen molar-refractivity contribution in [3.8, 4) is 6.07 Å². The number of carbonyl (C=O) groups excluding carboxylic acids is 1. The molecule has 5 atom stereocenters. The van der Waals surface area contributed by atoms with Crippen molar-refractivity contribution in [2.24, 2.45) is 28.9 Å². The Morgan fingerprint density at radius 3 is 2.70 bits per heavy atom. The summed E-state index contributed by atoms with van der Waals surface area (Å²) in [7, 11) is 0. The number of nitrogens with two attached hydrogens (primary N) is 1. The van der Waals surface area contributed by atoms with Gasteiger partial charge in [0.05, 0.1) is 12.1 Å². The van der Waals surface area contributed by atoms with E-state index in [1.807, 2.05) is 4.90 Å². The first-order chi connectivity index (χ1) is 9.57. The molecule has 108 valence electrons. The molecular formula is C16H23N3O. The Bertz CT molecular complexity index is 488. The van der Waals surface area contributed by atoms with Gasteiger partial charge in [0.2, 0.25) is 5.91 Å². The average molecular weight is 273 g/mol.